The van der Waals surface area contributed by atoms with Gasteiger partial charge in [0.25, 0.3) is 5.91 Å². The topological polar surface area (TPSA) is 102 Å². The number of urea groups is 1. The number of benzene rings is 1. The fourth-order valence-corrected chi connectivity index (χ4v) is 5.17. The lowest BCUT2D eigenvalue weighted by Gasteiger charge is -2.39. The second kappa shape index (κ2) is 11.3. The summed E-state index contributed by atoms with van der Waals surface area (Å²) in [6.45, 7) is 11.1. The van der Waals surface area contributed by atoms with Crippen molar-refractivity contribution in [3.8, 4) is 0 Å². The number of piperazine rings is 1. The number of carbonyl (C=O) groups excluding carboxylic acids is 4. The van der Waals surface area contributed by atoms with Crippen molar-refractivity contribution in [1.29, 1.82) is 0 Å². The molecule has 0 aromatic heterocycles. The summed E-state index contributed by atoms with van der Waals surface area (Å²) in [6.07, 6.45) is 1.76. The molecule has 1 N–H and O–H groups in total. The second-order valence-corrected chi connectivity index (χ2v) is 11.3. The number of anilines is 1. The summed E-state index contributed by atoms with van der Waals surface area (Å²) in [5.74, 6) is 0.0840. The van der Waals surface area contributed by atoms with Crippen molar-refractivity contribution in [1.82, 2.24) is 20.0 Å². The standard InChI is InChI=1S/C26H36ClN5O5/c1-26(2,3)37-25(36)31-14-12-29(13-15-31)17-18-6-9-30(10-7-18)23(34)19-4-5-20(27)21(16-19)32-11-8-22(33)28-24(32)35/h4-5,16,18H,6-15,17H2,1-3H3,(H,28,33,35). The minimum Gasteiger partial charge on any atom is -0.444 e. The first-order valence-corrected chi connectivity index (χ1v) is 13.3. The number of hydrogen-bond acceptors (Lipinski definition) is 6. The second-order valence-electron chi connectivity index (χ2n) is 10.9. The molecule has 0 saturated carbocycles. The number of halogens is 1. The molecule has 10 nitrogen and oxygen atoms in total. The molecule has 0 bridgehead atoms. The first-order chi connectivity index (χ1) is 17.5. The van der Waals surface area contributed by atoms with Gasteiger partial charge in [-0.25, -0.2) is 9.59 Å². The quantitative estimate of drug-likeness (QED) is 0.637. The molecule has 0 aliphatic carbocycles. The molecule has 37 heavy (non-hydrogen) atoms. The third-order valence-electron chi connectivity index (χ3n) is 6.98. The number of hydrogen-bond donors (Lipinski definition) is 1. The van der Waals surface area contributed by atoms with E-state index in [1.807, 2.05) is 25.7 Å². The highest BCUT2D eigenvalue weighted by molar-refractivity contribution is 6.34. The van der Waals surface area contributed by atoms with Gasteiger partial charge in [-0.1, -0.05) is 11.6 Å². The molecule has 0 unspecified atom stereocenters. The van der Waals surface area contributed by atoms with Crippen LogP contribution < -0.4 is 10.2 Å². The van der Waals surface area contributed by atoms with Gasteiger partial charge in [0, 0.05) is 64.3 Å². The number of nitrogens with zero attached hydrogens (tertiary/aromatic N) is 4. The lowest BCUT2D eigenvalue weighted by Crippen LogP contribution is -2.51. The molecular weight excluding hydrogens is 498 g/mol. The minimum absolute atomic E-state index is 0.0872. The van der Waals surface area contributed by atoms with Crippen LogP contribution in [0.5, 0.6) is 0 Å². The Bertz CT molecular complexity index is 1040. The van der Waals surface area contributed by atoms with Crippen molar-refractivity contribution in [2.75, 3.05) is 57.3 Å². The summed E-state index contributed by atoms with van der Waals surface area (Å²) in [7, 11) is 0. The van der Waals surface area contributed by atoms with Gasteiger partial charge in [-0.2, -0.15) is 0 Å². The summed E-state index contributed by atoms with van der Waals surface area (Å²) in [5.41, 5.74) is 0.411. The molecule has 0 atom stereocenters. The van der Waals surface area contributed by atoms with Gasteiger partial charge >= 0.3 is 12.1 Å². The van der Waals surface area contributed by atoms with Gasteiger partial charge in [0.1, 0.15) is 5.60 Å². The SMILES string of the molecule is CC(C)(C)OC(=O)N1CCN(CC2CCN(C(=O)c3ccc(Cl)c(N4CCC(=O)NC4=O)c3)CC2)CC1. The van der Waals surface area contributed by atoms with Gasteiger partial charge < -0.3 is 14.5 Å². The molecule has 5 amide bonds. The average Bonchev–Trinajstić information content (AvgIpc) is 2.84. The van der Waals surface area contributed by atoms with Crippen molar-refractivity contribution in [3.63, 3.8) is 0 Å². The van der Waals surface area contributed by atoms with Crippen LogP contribution in [0.25, 0.3) is 0 Å². The third kappa shape index (κ3) is 6.93. The highest BCUT2D eigenvalue weighted by Crippen LogP contribution is 2.30. The number of amides is 5. The first kappa shape index (κ1) is 27.2. The van der Waals surface area contributed by atoms with Gasteiger partial charge in [-0.3, -0.25) is 24.7 Å². The van der Waals surface area contributed by atoms with E-state index in [9.17, 15) is 19.2 Å². The van der Waals surface area contributed by atoms with Crippen LogP contribution in [0, 0.1) is 5.92 Å². The predicted octanol–water partition coefficient (Wildman–Crippen LogP) is 3.19. The van der Waals surface area contributed by atoms with Crippen molar-refractivity contribution >= 4 is 41.2 Å². The van der Waals surface area contributed by atoms with E-state index in [2.05, 4.69) is 10.2 Å². The van der Waals surface area contributed by atoms with Crippen LogP contribution in [-0.2, 0) is 9.53 Å². The molecule has 3 heterocycles. The zero-order valence-electron chi connectivity index (χ0n) is 21.8. The minimum atomic E-state index is -0.532. The highest BCUT2D eigenvalue weighted by atomic mass is 35.5. The maximum absolute atomic E-state index is 13.2. The maximum atomic E-state index is 13.2. The molecule has 202 valence electrons. The molecule has 4 rings (SSSR count). The van der Waals surface area contributed by atoms with E-state index in [1.165, 1.54) is 4.90 Å². The average molecular weight is 534 g/mol. The van der Waals surface area contributed by atoms with Gasteiger partial charge in [-0.05, 0) is 57.7 Å². The van der Waals surface area contributed by atoms with Crippen LogP contribution >= 0.6 is 11.6 Å². The van der Waals surface area contributed by atoms with Crippen LogP contribution in [-0.4, -0.2) is 96.6 Å². The molecule has 0 spiro atoms. The molecule has 1 aromatic rings. The summed E-state index contributed by atoms with van der Waals surface area (Å²) in [4.78, 5) is 56.7. The Morgan fingerprint density at radius 2 is 1.68 bits per heavy atom. The Morgan fingerprint density at radius 1 is 1.00 bits per heavy atom. The first-order valence-electron chi connectivity index (χ1n) is 12.9. The van der Waals surface area contributed by atoms with E-state index < -0.39 is 11.6 Å². The zero-order chi connectivity index (χ0) is 26.7. The molecule has 3 saturated heterocycles. The molecule has 3 fully saturated rings. The number of rotatable bonds is 4. The van der Waals surface area contributed by atoms with Crippen LogP contribution in [0.2, 0.25) is 5.02 Å². The van der Waals surface area contributed by atoms with Gasteiger partial charge in [0.2, 0.25) is 5.91 Å². The normalized spacial score (nSPS) is 20.2. The van der Waals surface area contributed by atoms with E-state index >= 15 is 0 Å². The molecule has 3 aliphatic rings. The Kier molecular flexibility index (Phi) is 8.28. The van der Waals surface area contributed by atoms with Crippen LogP contribution in [0.1, 0.15) is 50.4 Å². The summed E-state index contributed by atoms with van der Waals surface area (Å²) in [5, 5.41) is 2.64. The molecular formula is C26H36ClN5O5. The molecule has 3 aliphatic heterocycles. The van der Waals surface area contributed by atoms with E-state index in [4.69, 9.17) is 16.3 Å². The van der Waals surface area contributed by atoms with Gasteiger partial charge in [-0.15, -0.1) is 0 Å². The highest BCUT2D eigenvalue weighted by Gasteiger charge is 2.30. The smallest absolute Gasteiger partial charge is 0.410 e. The van der Waals surface area contributed by atoms with Crippen LogP contribution in [0.3, 0.4) is 0 Å². The van der Waals surface area contributed by atoms with E-state index in [-0.39, 0.29) is 30.9 Å². The monoisotopic (exact) mass is 533 g/mol. The van der Waals surface area contributed by atoms with Crippen molar-refractivity contribution in [2.24, 2.45) is 5.92 Å². The number of carbonyl (C=O) groups is 4. The summed E-state index contributed by atoms with van der Waals surface area (Å²) < 4.78 is 5.48. The van der Waals surface area contributed by atoms with Crippen LogP contribution in [0.4, 0.5) is 15.3 Å². The Balaban J connectivity index is 1.26. The fraction of sp³-hybridized carbons (Fsp3) is 0.615. The number of piperidine rings is 1. The maximum Gasteiger partial charge on any atom is 0.410 e. The molecule has 1 aromatic carbocycles. The zero-order valence-corrected chi connectivity index (χ0v) is 22.6. The van der Waals surface area contributed by atoms with Crippen molar-refractivity contribution in [3.05, 3.63) is 28.8 Å². The van der Waals surface area contributed by atoms with Gasteiger partial charge in [0.05, 0.1) is 10.7 Å². The third-order valence-corrected chi connectivity index (χ3v) is 7.30. The number of imide groups is 1. The fourth-order valence-electron chi connectivity index (χ4n) is 4.95. The van der Waals surface area contributed by atoms with Crippen molar-refractivity contribution in [2.45, 2.75) is 45.6 Å². The van der Waals surface area contributed by atoms with E-state index in [0.717, 1.165) is 32.5 Å². The molecule has 11 heteroatoms. The Morgan fingerprint density at radius 3 is 2.30 bits per heavy atom. The Labute approximate surface area is 222 Å². The molecule has 0 radical (unpaired) electrons. The number of ether oxygens (including phenoxy) is 1. The summed E-state index contributed by atoms with van der Waals surface area (Å²) >= 11 is 6.32. The van der Waals surface area contributed by atoms with E-state index in [1.54, 1.807) is 23.1 Å². The summed E-state index contributed by atoms with van der Waals surface area (Å²) in [6, 6.07) is 4.40. The van der Waals surface area contributed by atoms with E-state index in [0.29, 0.717) is 48.4 Å². The lowest BCUT2D eigenvalue weighted by atomic mass is 9.95. The predicted molar refractivity (Wildman–Crippen MR) is 140 cm³/mol. The number of nitrogens with one attached hydrogen (secondary N) is 1. The number of likely N-dealkylation sites (tertiary alicyclic amines) is 1. The van der Waals surface area contributed by atoms with Crippen molar-refractivity contribution < 1.29 is 23.9 Å². The van der Waals surface area contributed by atoms with Gasteiger partial charge in [0.15, 0.2) is 0 Å². The Hall–Kier alpha value is -2.85. The van der Waals surface area contributed by atoms with Crippen LogP contribution in [0.15, 0.2) is 18.2 Å². The lowest BCUT2D eigenvalue weighted by molar-refractivity contribution is -0.120. The largest absolute Gasteiger partial charge is 0.444 e.